The van der Waals surface area contributed by atoms with Crippen molar-refractivity contribution in [2.45, 2.75) is 12.6 Å². The first kappa shape index (κ1) is 17.3. The van der Waals surface area contributed by atoms with Crippen LogP contribution in [0.15, 0.2) is 22.7 Å². The summed E-state index contributed by atoms with van der Waals surface area (Å²) in [7, 11) is 0. The minimum Gasteiger partial charge on any atom is -0.381 e. The number of hydrogen-bond acceptors (Lipinski definition) is 5. The maximum absolute atomic E-state index is 14.1. The van der Waals surface area contributed by atoms with Crippen LogP contribution in [0.25, 0.3) is 11.4 Å². The summed E-state index contributed by atoms with van der Waals surface area (Å²) in [6, 6.07) is 3.30. The molecule has 10 heteroatoms. The number of nitrogens with one attached hydrogen (secondary N) is 1. The highest BCUT2D eigenvalue weighted by Gasteiger charge is 2.38. The normalized spacial score (nSPS) is 17.7. The molecule has 1 fully saturated rings. The van der Waals surface area contributed by atoms with E-state index in [2.05, 4.69) is 20.0 Å². The zero-order valence-corrected chi connectivity index (χ0v) is 12.8. The first-order chi connectivity index (χ1) is 11.8. The number of benzene rings is 1. The third-order valence-electron chi connectivity index (χ3n) is 3.72. The molecule has 1 amide bonds. The molecule has 1 N–H and O–H groups in total. The number of aromatic nitrogens is 2. The highest BCUT2D eigenvalue weighted by atomic mass is 19.4. The second kappa shape index (κ2) is 6.79. The molecule has 6 nitrogen and oxygen atoms in total. The van der Waals surface area contributed by atoms with Gasteiger partial charge in [0.25, 0.3) is 5.91 Å². The molecule has 2 heterocycles. The van der Waals surface area contributed by atoms with Crippen molar-refractivity contribution in [3.8, 4) is 11.4 Å². The molecule has 2 aromatic rings. The Hall–Kier alpha value is -2.49. The molecule has 25 heavy (non-hydrogen) atoms. The molecule has 0 radical (unpaired) electrons. The van der Waals surface area contributed by atoms with E-state index in [0.29, 0.717) is 19.8 Å². The van der Waals surface area contributed by atoms with Crippen LogP contribution >= 0.6 is 0 Å². The molecule has 1 saturated heterocycles. The smallest absolute Gasteiger partial charge is 0.381 e. The molecule has 0 bridgehead atoms. The van der Waals surface area contributed by atoms with Crippen LogP contribution in [0.5, 0.6) is 0 Å². The number of rotatable bonds is 4. The molecule has 1 atom stereocenters. The van der Waals surface area contributed by atoms with Gasteiger partial charge in [-0.05, 0) is 18.6 Å². The average molecular weight is 359 g/mol. The highest BCUT2D eigenvalue weighted by molar-refractivity contribution is 5.94. The van der Waals surface area contributed by atoms with Gasteiger partial charge in [-0.3, -0.25) is 4.79 Å². The monoisotopic (exact) mass is 359 g/mol. The number of carbonyl (C=O) groups is 1. The fourth-order valence-electron chi connectivity index (χ4n) is 2.37. The van der Waals surface area contributed by atoms with Crippen molar-refractivity contribution in [1.82, 2.24) is 15.5 Å². The second-order valence-electron chi connectivity index (χ2n) is 5.56. The Bertz CT molecular complexity index is 770. The molecule has 134 valence electrons. The lowest BCUT2D eigenvalue weighted by molar-refractivity contribution is -0.159. The summed E-state index contributed by atoms with van der Waals surface area (Å²) >= 11 is 0. The predicted octanol–water partition coefficient (Wildman–Crippen LogP) is 2.66. The van der Waals surface area contributed by atoms with Gasteiger partial charge in [0, 0.05) is 24.6 Å². The van der Waals surface area contributed by atoms with Crippen LogP contribution in [0.1, 0.15) is 22.7 Å². The minimum atomic E-state index is -4.78. The summed E-state index contributed by atoms with van der Waals surface area (Å²) < 4.78 is 60.8. The van der Waals surface area contributed by atoms with Crippen molar-refractivity contribution < 1.29 is 31.6 Å². The molecule has 3 rings (SSSR count). The largest absolute Gasteiger partial charge is 0.471 e. The van der Waals surface area contributed by atoms with E-state index in [0.717, 1.165) is 18.6 Å². The first-order valence-corrected chi connectivity index (χ1v) is 7.41. The zero-order chi connectivity index (χ0) is 18.0. The average Bonchev–Trinajstić information content (AvgIpc) is 3.23. The fourth-order valence-corrected chi connectivity index (χ4v) is 2.37. The number of amides is 1. The maximum atomic E-state index is 14.1. The molecule has 1 aromatic carbocycles. The van der Waals surface area contributed by atoms with Crippen molar-refractivity contribution in [1.29, 1.82) is 0 Å². The summed E-state index contributed by atoms with van der Waals surface area (Å²) in [4.78, 5) is 15.2. The quantitative estimate of drug-likeness (QED) is 0.850. The van der Waals surface area contributed by atoms with Crippen LogP contribution in [-0.4, -0.2) is 35.8 Å². The molecule has 1 aliphatic heterocycles. The van der Waals surface area contributed by atoms with Gasteiger partial charge in [0.15, 0.2) is 0 Å². The minimum absolute atomic E-state index is 0.0301. The predicted molar refractivity (Wildman–Crippen MR) is 76.0 cm³/mol. The van der Waals surface area contributed by atoms with Crippen molar-refractivity contribution in [3.05, 3.63) is 35.5 Å². The number of hydrogen-bond donors (Lipinski definition) is 1. The van der Waals surface area contributed by atoms with Gasteiger partial charge in [0.2, 0.25) is 5.82 Å². The van der Waals surface area contributed by atoms with E-state index in [9.17, 15) is 22.4 Å². The number of halogens is 4. The van der Waals surface area contributed by atoms with E-state index in [-0.39, 0.29) is 17.0 Å². The van der Waals surface area contributed by atoms with E-state index in [1.54, 1.807) is 0 Å². The number of alkyl halides is 3. The maximum Gasteiger partial charge on any atom is 0.471 e. The third-order valence-corrected chi connectivity index (χ3v) is 3.72. The Labute approximate surface area is 139 Å². The van der Waals surface area contributed by atoms with Gasteiger partial charge in [-0.1, -0.05) is 11.2 Å². The van der Waals surface area contributed by atoms with E-state index < -0.39 is 29.6 Å². The van der Waals surface area contributed by atoms with Gasteiger partial charge >= 0.3 is 12.1 Å². The van der Waals surface area contributed by atoms with Crippen LogP contribution in [0.2, 0.25) is 0 Å². The van der Waals surface area contributed by atoms with E-state index in [4.69, 9.17) is 4.74 Å². The van der Waals surface area contributed by atoms with Gasteiger partial charge in [-0.15, -0.1) is 0 Å². The summed E-state index contributed by atoms with van der Waals surface area (Å²) in [5.74, 6) is -3.26. The van der Waals surface area contributed by atoms with Crippen molar-refractivity contribution >= 4 is 5.91 Å². The summed E-state index contributed by atoms with van der Waals surface area (Å²) in [5, 5.41) is 5.78. The highest BCUT2D eigenvalue weighted by Crippen LogP contribution is 2.29. The topological polar surface area (TPSA) is 77.2 Å². The molecule has 1 aromatic heterocycles. The summed E-state index contributed by atoms with van der Waals surface area (Å²) in [5.41, 5.74) is -0.250. The Morgan fingerprint density at radius 1 is 1.36 bits per heavy atom. The second-order valence-corrected chi connectivity index (χ2v) is 5.56. The van der Waals surface area contributed by atoms with Crippen LogP contribution < -0.4 is 5.32 Å². The van der Waals surface area contributed by atoms with Crippen LogP contribution in [0.4, 0.5) is 17.6 Å². The van der Waals surface area contributed by atoms with Crippen molar-refractivity contribution in [2.75, 3.05) is 19.8 Å². The molecule has 0 aliphatic carbocycles. The SMILES string of the molecule is O=C(NCC1CCOC1)c1ccc(-c2noc(C(F)(F)F)n2)cc1F. The van der Waals surface area contributed by atoms with Gasteiger partial charge in [0.1, 0.15) is 5.82 Å². The summed E-state index contributed by atoms with van der Waals surface area (Å²) in [6.45, 7) is 1.54. The first-order valence-electron chi connectivity index (χ1n) is 7.41. The van der Waals surface area contributed by atoms with Gasteiger partial charge in [-0.25, -0.2) is 4.39 Å². The summed E-state index contributed by atoms with van der Waals surface area (Å²) in [6.07, 6.45) is -3.96. The Morgan fingerprint density at radius 2 is 2.16 bits per heavy atom. The Kier molecular flexibility index (Phi) is 4.71. The standard InChI is InChI=1S/C15H13F4N3O3/c16-11-5-9(12-21-14(25-22-12)15(17,18)19)1-2-10(11)13(23)20-6-8-3-4-24-7-8/h1-2,5,8H,3-4,6-7H2,(H,20,23). The molecule has 1 aliphatic rings. The molecule has 1 unspecified atom stereocenters. The van der Waals surface area contributed by atoms with Gasteiger partial charge in [-0.2, -0.15) is 18.2 Å². The van der Waals surface area contributed by atoms with Crippen LogP contribution in [0, 0.1) is 11.7 Å². The lowest BCUT2D eigenvalue weighted by Gasteiger charge is -2.10. The number of carbonyl (C=O) groups excluding carboxylic acids is 1. The van der Waals surface area contributed by atoms with E-state index >= 15 is 0 Å². The third kappa shape index (κ3) is 3.95. The zero-order valence-electron chi connectivity index (χ0n) is 12.8. The lowest BCUT2D eigenvalue weighted by atomic mass is 10.1. The fraction of sp³-hybridized carbons (Fsp3) is 0.400. The van der Waals surface area contributed by atoms with E-state index in [1.807, 2.05) is 0 Å². The van der Waals surface area contributed by atoms with Crippen molar-refractivity contribution in [3.63, 3.8) is 0 Å². The molecular weight excluding hydrogens is 346 g/mol. The van der Waals surface area contributed by atoms with Crippen molar-refractivity contribution in [2.24, 2.45) is 5.92 Å². The van der Waals surface area contributed by atoms with E-state index in [1.165, 1.54) is 6.07 Å². The molecule has 0 saturated carbocycles. The Morgan fingerprint density at radius 3 is 2.76 bits per heavy atom. The lowest BCUT2D eigenvalue weighted by Crippen LogP contribution is -2.30. The molecular formula is C15H13F4N3O3. The molecule has 0 spiro atoms. The van der Waals surface area contributed by atoms with Gasteiger partial charge < -0.3 is 14.6 Å². The number of ether oxygens (including phenoxy) is 1. The van der Waals surface area contributed by atoms with Gasteiger partial charge in [0.05, 0.1) is 12.2 Å². The van der Waals surface area contributed by atoms with Crippen LogP contribution in [0.3, 0.4) is 0 Å². The van der Waals surface area contributed by atoms with Crippen LogP contribution in [-0.2, 0) is 10.9 Å². The Balaban J connectivity index is 1.71. The number of nitrogens with zero attached hydrogens (tertiary/aromatic N) is 2.